The summed E-state index contributed by atoms with van der Waals surface area (Å²) >= 11 is 0. The van der Waals surface area contributed by atoms with Gasteiger partial charge in [-0.1, -0.05) is 20.3 Å². The first-order chi connectivity index (χ1) is 11.3. The van der Waals surface area contributed by atoms with E-state index >= 15 is 0 Å². The van der Waals surface area contributed by atoms with Gasteiger partial charge in [-0.25, -0.2) is 14.6 Å². The number of amides is 1. The van der Waals surface area contributed by atoms with Crippen molar-refractivity contribution in [2.45, 2.75) is 33.2 Å². The van der Waals surface area contributed by atoms with E-state index in [0.717, 1.165) is 0 Å². The van der Waals surface area contributed by atoms with Gasteiger partial charge < -0.3 is 10.4 Å². The largest absolute Gasteiger partial charge is 0.480 e. The first kappa shape index (κ1) is 17.4. The Morgan fingerprint density at radius 3 is 2.67 bits per heavy atom. The number of aliphatic carboxylic acids is 1. The maximum absolute atomic E-state index is 12.4. The number of nitrogens with one attached hydrogen (secondary N) is 2. The van der Waals surface area contributed by atoms with Gasteiger partial charge in [-0.05, 0) is 18.9 Å². The lowest BCUT2D eigenvalue weighted by Gasteiger charge is -2.19. The van der Waals surface area contributed by atoms with Crippen LogP contribution in [0, 0.1) is 12.8 Å². The quantitative estimate of drug-likeness (QED) is 0.705. The number of carbonyl (C=O) groups is 2. The monoisotopic (exact) mass is 333 g/mol. The molecule has 3 N–H and O–H groups in total. The zero-order chi connectivity index (χ0) is 17.9. The van der Waals surface area contributed by atoms with Crippen molar-refractivity contribution < 1.29 is 14.7 Å². The summed E-state index contributed by atoms with van der Waals surface area (Å²) < 4.78 is 1.39. The van der Waals surface area contributed by atoms with Crippen LogP contribution in [-0.4, -0.2) is 43.0 Å². The third kappa shape index (κ3) is 3.50. The maximum atomic E-state index is 12.4. The summed E-state index contributed by atoms with van der Waals surface area (Å²) in [5.74, 6) is -1.45. The fourth-order valence-corrected chi connectivity index (χ4v) is 2.22. The lowest BCUT2D eigenvalue weighted by Crippen LogP contribution is -2.45. The van der Waals surface area contributed by atoms with E-state index in [1.807, 2.05) is 6.92 Å². The molecule has 9 nitrogen and oxygen atoms in total. The molecule has 2 heterocycles. The van der Waals surface area contributed by atoms with Crippen molar-refractivity contribution in [1.82, 2.24) is 25.3 Å². The molecule has 2 rings (SSSR count). The molecule has 0 aliphatic heterocycles. The van der Waals surface area contributed by atoms with Crippen LogP contribution in [0.2, 0.25) is 0 Å². The average molecular weight is 333 g/mol. The van der Waals surface area contributed by atoms with Gasteiger partial charge in [-0.2, -0.15) is 10.2 Å². The fraction of sp³-hybridized carbons (Fsp3) is 0.400. The Morgan fingerprint density at radius 2 is 2.12 bits per heavy atom. The Morgan fingerprint density at radius 1 is 1.42 bits per heavy atom. The van der Waals surface area contributed by atoms with Gasteiger partial charge in [0.2, 0.25) is 0 Å². The first-order valence-electron chi connectivity index (χ1n) is 7.49. The Kier molecular flexibility index (Phi) is 5.12. The predicted molar refractivity (Wildman–Crippen MR) is 85.1 cm³/mol. The summed E-state index contributed by atoms with van der Waals surface area (Å²) in [5, 5.41) is 22.0. The van der Waals surface area contributed by atoms with Crippen LogP contribution >= 0.6 is 0 Å². The molecule has 9 heteroatoms. The topological polar surface area (TPSA) is 130 Å². The number of carbonyl (C=O) groups excluding carboxylic acids is 1. The molecule has 0 unspecified atom stereocenters. The van der Waals surface area contributed by atoms with Crippen LogP contribution in [0.25, 0.3) is 5.82 Å². The van der Waals surface area contributed by atoms with Crippen LogP contribution in [0.15, 0.2) is 23.1 Å². The number of carboxylic acid groups (broad SMARTS) is 1. The number of H-pyrrole nitrogens is 1. The number of nitrogens with zero attached hydrogens (tertiary/aromatic N) is 3. The lowest BCUT2D eigenvalue weighted by molar-refractivity contribution is -0.140. The molecule has 0 aliphatic rings. The predicted octanol–water partition coefficient (Wildman–Crippen LogP) is 0.493. The third-order valence-electron chi connectivity index (χ3n) is 3.90. The van der Waals surface area contributed by atoms with E-state index in [1.165, 1.54) is 23.0 Å². The van der Waals surface area contributed by atoms with Crippen molar-refractivity contribution in [1.29, 1.82) is 0 Å². The van der Waals surface area contributed by atoms with Crippen molar-refractivity contribution >= 4 is 11.9 Å². The second-order valence-electron chi connectivity index (χ2n) is 5.51. The van der Waals surface area contributed by atoms with Gasteiger partial charge in [0.25, 0.3) is 11.5 Å². The summed E-state index contributed by atoms with van der Waals surface area (Å²) in [6.45, 7) is 5.28. The van der Waals surface area contributed by atoms with Gasteiger partial charge in [-0.3, -0.25) is 9.59 Å². The highest BCUT2D eigenvalue weighted by atomic mass is 16.4. The van der Waals surface area contributed by atoms with Crippen molar-refractivity contribution in [2.75, 3.05) is 0 Å². The first-order valence-corrected chi connectivity index (χ1v) is 7.49. The summed E-state index contributed by atoms with van der Waals surface area (Å²) in [5.41, 5.74) is 0.386. The molecule has 24 heavy (non-hydrogen) atoms. The van der Waals surface area contributed by atoms with Crippen molar-refractivity contribution in [3.63, 3.8) is 0 Å². The summed E-state index contributed by atoms with van der Waals surface area (Å²) in [4.78, 5) is 34.8. The van der Waals surface area contributed by atoms with E-state index in [0.29, 0.717) is 17.9 Å². The van der Waals surface area contributed by atoms with Gasteiger partial charge in [0.1, 0.15) is 6.04 Å². The van der Waals surface area contributed by atoms with E-state index in [9.17, 15) is 19.5 Å². The summed E-state index contributed by atoms with van der Waals surface area (Å²) in [7, 11) is 0. The van der Waals surface area contributed by atoms with Crippen LogP contribution in [0.1, 0.15) is 36.3 Å². The zero-order valence-electron chi connectivity index (χ0n) is 13.6. The Bertz CT molecular complexity index is 790. The van der Waals surface area contributed by atoms with Crippen LogP contribution in [0.5, 0.6) is 0 Å². The number of aromatic nitrogens is 4. The second kappa shape index (κ2) is 7.07. The second-order valence-corrected chi connectivity index (χ2v) is 5.51. The molecule has 0 spiro atoms. The fourth-order valence-electron chi connectivity index (χ4n) is 2.22. The molecule has 2 atom stereocenters. The third-order valence-corrected chi connectivity index (χ3v) is 3.90. The minimum Gasteiger partial charge on any atom is -0.480 e. The van der Waals surface area contributed by atoms with Gasteiger partial charge in [0.05, 0.1) is 17.5 Å². The smallest absolute Gasteiger partial charge is 0.326 e. The highest BCUT2D eigenvalue weighted by Gasteiger charge is 2.27. The number of hydrogen-bond acceptors (Lipinski definition) is 5. The van der Waals surface area contributed by atoms with Crippen LogP contribution in [0.4, 0.5) is 0 Å². The highest BCUT2D eigenvalue weighted by Crippen LogP contribution is 2.13. The van der Waals surface area contributed by atoms with E-state index in [2.05, 4.69) is 20.6 Å². The molecule has 2 aromatic heterocycles. The number of rotatable bonds is 6. The SMILES string of the molecule is CC[C@H](C)[C@H](NC(=O)c1cnn(-c2ccc(=O)[nH]n2)c1C)C(=O)O. The van der Waals surface area contributed by atoms with E-state index < -0.39 is 17.9 Å². The Labute approximate surface area is 137 Å². The molecule has 0 aliphatic carbocycles. The number of aromatic amines is 1. The lowest BCUT2D eigenvalue weighted by atomic mass is 9.99. The highest BCUT2D eigenvalue weighted by molar-refractivity contribution is 5.97. The molecule has 0 saturated carbocycles. The van der Waals surface area contributed by atoms with Crippen molar-refractivity contribution in [3.8, 4) is 5.82 Å². The van der Waals surface area contributed by atoms with Gasteiger partial charge in [-0.15, -0.1) is 0 Å². The summed E-state index contributed by atoms with van der Waals surface area (Å²) in [6, 6.07) is 1.79. The van der Waals surface area contributed by atoms with Crippen LogP contribution in [0.3, 0.4) is 0 Å². The average Bonchev–Trinajstić information content (AvgIpc) is 2.94. The Balaban J connectivity index is 2.26. The molecule has 0 aromatic carbocycles. The maximum Gasteiger partial charge on any atom is 0.326 e. The zero-order valence-corrected chi connectivity index (χ0v) is 13.6. The van der Waals surface area contributed by atoms with E-state index in [-0.39, 0.29) is 17.0 Å². The molecule has 0 fully saturated rings. The molecular formula is C15H19N5O4. The van der Waals surface area contributed by atoms with E-state index in [4.69, 9.17) is 0 Å². The van der Waals surface area contributed by atoms with Gasteiger partial charge >= 0.3 is 5.97 Å². The molecular weight excluding hydrogens is 314 g/mol. The van der Waals surface area contributed by atoms with E-state index in [1.54, 1.807) is 13.8 Å². The number of carboxylic acids is 1. The van der Waals surface area contributed by atoms with Gasteiger partial charge in [0, 0.05) is 6.07 Å². The van der Waals surface area contributed by atoms with Crippen molar-refractivity contribution in [3.05, 3.63) is 39.9 Å². The minimum atomic E-state index is -1.08. The van der Waals surface area contributed by atoms with Gasteiger partial charge in [0.15, 0.2) is 5.82 Å². The molecule has 0 bridgehead atoms. The molecule has 0 radical (unpaired) electrons. The molecule has 1 amide bonds. The summed E-state index contributed by atoms with van der Waals surface area (Å²) in [6.07, 6.45) is 1.96. The van der Waals surface area contributed by atoms with Crippen LogP contribution < -0.4 is 10.9 Å². The number of hydrogen-bond donors (Lipinski definition) is 3. The standard InChI is InChI=1S/C15H19N5O4/c1-4-8(2)13(15(23)24)17-14(22)10-7-16-20(9(10)3)11-5-6-12(21)19-18-11/h5-8,13H,4H2,1-3H3,(H,17,22)(H,19,21)(H,23,24)/t8-,13-/m0/s1. The molecule has 0 saturated heterocycles. The van der Waals surface area contributed by atoms with Crippen molar-refractivity contribution in [2.24, 2.45) is 5.92 Å². The normalized spacial score (nSPS) is 13.3. The van der Waals surface area contributed by atoms with Crippen LogP contribution in [-0.2, 0) is 4.79 Å². The molecule has 128 valence electrons. The minimum absolute atomic E-state index is 0.206. The molecule has 2 aromatic rings. The Hall–Kier alpha value is -2.97.